The number of nitrogens with two attached hydrogens (primary N) is 1. The molecule has 0 fully saturated rings. The first kappa shape index (κ1) is 16.4. The van der Waals surface area contributed by atoms with Gasteiger partial charge in [0.1, 0.15) is 0 Å². The minimum absolute atomic E-state index is 0.157. The molecule has 1 aromatic carbocycles. The third-order valence-electron chi connectivity index (χ3n) is 4.00. The van der Waals surface area contributed by atoms with Gasteiger partial charge >= 0.3 is 5.69 Å². The second-order valence-electron chi connectivity index (χ2n) is 5.83. The summed E-state index contributed by atoms with van der Waals surface area (Å²) in [7, 11) is 0. The van der Waals surface area contributed by atoms with Crippen LogP contribution in [0, 0.1) is 6.92 Å². The molecule has 3 heterocycles. The fourth-order valence-corrected chi connectivity index (χ4v) is 3.38. The van der Waals surface area contributed by atoms with Gasteiger partial charge in [-0.25, -0.2) is 14.2 Å². The minimum Gasteiger partial charge on any atom is -0.335 e. The molecule has 3 aromatic heterocycles. The lowest BCUT2D eigenvalue weighted by atomic mass is 10.1. The monoisotopic (exact) mass is 367 g/mol. The molecule has 8 nitrogen and oxygen atoms in total. The number of thioether (sulfide) groups is 1. The quantitative estimate of drug-likeness (QED) is 0.425. The first-order chi connectivity index (χ1) is 12.6. The van der Waals surface area contributed by atoms with Crippen LogP contribution in [0.25, 0.3) is 17.0 Å². The van der Waals surface area contributed by atoms with Gasteiger partial charge in [0.15, 0.2) is 11.5 Å². The van der Waals surface area contributed by atoms with Crippen LogP contribution >= 0.6 is 11.8 Å². The molecular formula is C17H17N7OS. The normalized spacial score (nSPS) is 11.3. The second-order valence-corrected chi connectivity index (χ2v) is 6.89. The van der Waals surface area contributed by atoms with E-state index >= 15 is 0 Å². The van der Waals surface area contributed by atoms with E-state index in [4.69, 9.17) is 5.84 Å². The summed E-state index contributed by atoms with van der Waals surface area (Å²) in [5.41, 5.74) is 2.56. The molecule has 0 aliphatic heterocycles. The third kappa shape index (κ3) is 2.97. The Balaban J connectivity index is 1.47. The number of hydrogen-bond donors (Lipinski definition) is 1. The molecular weight excluding hydrogens is 350 g/mol. The Hall–Kier alpha value is -3.07. The van der Waals surface area contributed by atoms with E-state index < -0.39 is 0 Å². The average Bonchev–Trinajstić information content (AvgIpc) is 3.17. The maximum absolute atomic E-state index is 12.3. The molecule has 0 spiro atoms. The Morgan fingerprint density at radius 1 is 1.12 bits per heavy atom. The van der Waals surface area contributed by atoms with E-state index in [-0.39, 0.29) is 5.69 Å². The van der Waals surface area contributed by atoms with Crippen molar-refractivity contribution in [3.8, 4) is 11.4 Å². The number of nitrogens with zero attached hydrogens (tertiary/aromatic N) is 6. The highest BCUT2D eigenvalue weighted by atomic mass is 32.2. The van der Waals surface area contributed by atoms with Crippen LogP contribution in [0.3, 0.4) is 0 Å². The zero-order valence-corrected chi connectivity index (χ0v) is 14.9. The number of aromatic nitrogens is 6. The van der Waals surface area contributed by atoms with E-state index in [1.54, 1.807) is 18.3 Å². The number of hydrogen-bond acceptors (Lipinski definition) is 6. The standard InChI is InChI=1S/C17H17N7OS/c1-12-5-7-13(8-6-12)15-19-20-16(24(15)18)26-11-10-23-17(25)22-9-3-2-4-14(22)21-23/h2-9H,10-11,18H2,1H3. The van der Waals surface area contributed by atoms with Crippen molar-refractivity contribution in [2.45, 2.75) is 18.6 Å². The Bertz CT molecular complexity index is 1110. The second kappa shape index (κ2) is 6.68. The lowest BCUT2D eigenvalue weighted by Crippen LogP contribution is -2.22. The molecule has 0 amide bonds. The summed E-state index contributed by atoms with van der Waals surface area (Å²) in [5, 5.41) is 13.2. The van der Waals surface area contributed by atoms with Crippen LogP contribution < -0.4 is 11.5 Å². The van der Waals surface area contributed by atoms with E-state index in [1.807, 2.05) is 37.3 Å². The molecule has 0 unspecified atom stereocenters. The van der Waals surface area contributed by atoms with Crippen molar-refractivity contribution in [1.29, 1.82) is 0 Å². The van der Waals surface area contributed by atoms with Gasteiger partial charge < -0.3 is 5.84 Å². The molecule has 0 atom stereocenters. The predicted molar refractivity (Wildman–Crippen MR) is 101 cm³/mol. The van der Waals surface area contributed by atoms with E-state index in [0.717, 1.165) is 5.56 Å². The van der Waals surface area contributed by atoms with Crippen molar-refractivity contribution < 1.29 is 0 Å². The van der Waals surface area contributed by atoms with Crippen LogP contribution in [0.5, 0.6) is 0 Å². The fourth-order valence-electron chi connectivity index (χ4n) is 2.61. The van der Waals surface area contributed by atoms with Crippen LogP contribution in [0.4, 0.5) is 0 Å². The molecule has 0 bridgehead atoms. The van der Waals surface area contributed by atoms with E-state index in [9.17, 15) is 4.79 Å². The highest BCUT2D eigenvalue weighted by Crippen LogP contribution is 2.21. The molecule has 4 rings (SSSR count). The van der Waals surface area contributed by atoms with Crippen LogP contribution in [-0.4, -0.2) is 34.8 Å². The van der Waals surface area contributed by atoms with Crippen LogP contribution in [-0.2, 0) is 6.54 Å². The molecule has 2 N–H and O–H groups in total. The number of nitrogen functional groups attached to an aromatic ring is 1. The molecule has 0 saturated carbocycles. The van der Waals surface area contributed by atoms with Gasteiger partial charge in [-0.15, -0.1) is 15.3 Å². The average molecular weight is 367 g/mol. The van der Waals surface area contributed by atoms with Crippen LogP contribution in [0.2, 0.25) is 0 Å². The predicted octanol–water partition coefficient (Wildman–Crippen LogP) is 1.57. The summed E-state index contributed by atoms with van der Waals surface area (Å²) in [6.07, 6.45) is 1.71. The molecule has 26 heavy (non-hydrogen) atoms. The summed E-state index contributed by atoms with van der Waals surface area (Å²) >= 11 is 1.43. The van der Waals surface area contributed by atoms with E-state index in [1.165, 1.54) is 31.1 Å². The zero-order chi connectivity index (χ0) is 18.1. The number of aryl methyl sites for hydroxylation is 2. The SMILES string of the molecule is Cc1ccc(-c2nnc(SCCn3nc4ccccn4c3=O)n2N)cc1. The largest absolute Gasteiger partial charge is 0.350 e. The molecule has 0 aliphatic carbocycles. The van der Waals surface area contributed by atoms with E-state index in [0.29, 0.717) is 28.9 Å². The van der Waals surface area contributed by atoms with Gasteiger partial charge in [-0.3, -0.25) is 4.40 Å². The number of pyridine rings is 1. The lowest BCUT2D eigenvalue weighted by molar-refractivity contribution is 0.638. The van der Waals surface area contributed by atoms with Crippen molar-refractivity contribution in [2.75, 3.05) is 11.6 Å². The smallest absolute Gasteiger partial charge is 0.335 e. The van der Waals surface area contributed by atoms with Gasteiger partial charge in [-0.05, 0) is 19.1 Å². The summed E-state index contributed by atoms with van der Waals surface area (Å²) < 4.78 is 4.44. The van der Waals surface area contributed by atoms with Gasteiger partial charge in [0.05, 0.1) is 6.54 Å². The lowest BCUT2D eigenvalue weighted by Gasteiger charge is -2.04. The minimum atomic E-state index is -0.157. The molecule has 0 radical (unpaired) electrons. The number of fused-ring (bicyclic) bond motifs is 1. The Kier molecular flexibility index (Phi) is 4.21. The summed E-state index contributed by atoms with van der Waals surface area (Å²) in [5.74, 6) is 7.34. The Morgan fingerprint density at radius 2 is 1.92 bits per heavy atom. The Morgan fingerprint density at radius 3 is 2.69 bits per heavy atom. The van der Waals surface area contributed by atoms with Gasteiger partial charge in [0, 0.05) is 17.5 Å². The Labute approximate surface area is 153 Å². The maximum Gasteiger partial charge on any atom is 0.350 e. The molecule has 9 heteroatoms. The van der Waals surface area contributed by atoms with Crippen molar-refractivity contribution in [3.63, 3.8) is 0 Å². The molecule has 0 aliphatic rings. The maximum atomic E-state index is 12.3. The van der Waals surface area contributed by atoms with Crippen molar-refractivity contribution in [2.24, 2.45) is 0 Å². The third-order valence-corrected chi connectivity index (χ3v) is 4.92. The first-order valence-corrected chi connectivity index (χ1v) is 9.06. The van der Waals surface area contributed by atoms with Crippen molar-refractivity contribution in [3.05, 3.63) is 64.7 Å². The molecule has 4 aromatic rings. The topological polar surface area (TPSA) is 96.0 Å². The van der Waals surface area contributed by atoms with Gasteiger partial charge in [0.25, 0.3) is 0 Å². The van der Waals surface area contributed by atoms with Crippen LogP contribution in [0.1, 0.15) is 5.56 Å². The van der Waals surface area contributed by atoms with Gasteiger partial charge in [-0.2, -0.15) is 0 Å². The fraction of sp³-hybridized carbons (Fsp3) is 0.176. The first-order valence-electron chi connectivity index (χ1n) is 8.08. The zero-order valence-electron chi connectivity index (χ0n) is 14.1. The molecule has 0 saturated heterocycles. The summed E-state index contributed by atoms with van der Waals surface area (Å²) in [4.78, 5) is 12.3. The van der Waals surface area contributed by atoms with Gasteiger partial charge in [-0.1, -0.05) is 47.7 Å². The van der Waals surface area contributed by atoms with Gasteiger partial charge in [0.2, 0.25) is 5.16 Å². The van der Waals surface area contributed by atoms with E-state index in [2.05, 4.69) is 15.3 Å². The summed E-state index contributed by atoms with van der Waals surface area (Å²) in [6, 6.07) is 13.4. The van der Waals surface area contributed by atoms with Crippen molar-refractivity contribution >= 4 is 17.4 Å². The van der Waals surface area contributed by atoms with Crippen LogP contribution in [0.15, 0.2) is 58.6 Å². The highest BCUT2D eigenvalue weighted by molar-refractivity contribution is 7.99. The highest BCUT2D eigenvalue weighted by Gasteiger charge is 2.13. The summed E-state index contributed by atoms with van der Waals surface area (Å²) in [6.45, 7) is 2.48. The molecule has 132 valence electrons. The number of benzene rings is 1. The van der Waals surface area contributed by atoms with Crippen molar-refractivity contribution in [1.82, 2.24) is 29.1 Å². The number of rotatable bonds is 5.